The van der Waals surface area contributed by atoms with Gasteiger partial charge in [-0.3, -0.25) is 4.90 Å². The number of hydrogen-bond donors (Lipinski definition) is 1. The standard InChI is InChI=1S/C15H23ClN2O/c1-12(17-2)14-6-5-13(11-15(14)16)19-10-9-18-7-3-4-8-18/h5-6,11-12,17H,3-4,7-10H2,1-2H3. The molecule has 0 aliphatic carbocycles. The van der Waals surface area contributed by atoms with E-state index in [1.54, 1.807) is 0 Å². The van der Waals surface area contributed by atoms with Gasteiger partial charge in [-0.2, -0.15) is 0 Å². The van der Waals surface area contributed by atoms with Crippen LogP contribution in [0.2, 0.25) is 5.02 Å². The summed E-state index contributed by atoms with van der Waals surface area (Å²) in [6.45, 7) is 6.25. The Kier molecular flexibility index (Phi) is 5.49. The molecule has 0 bridgehead atoms. The van der Waals surface area contributed by atoms with Crippen LogP contribution in [0.15, 0.2) is 18.2 Å². The van der Waals surface area contributed by atoms with Crippen molar-refractivity contribution in [1.29, 1.82) is 0 Å². The van der Waals surface area contributed by atoms with Crippen LogP contribution in [0, 0.1) is 0 Å². The minimum Gasteiger partial charge on any atom is -0.492 e. The van der Waals surface area contributed by atoms with Gasteiger partial charge in [0.1, 0.15) is 12.4 Å². The number of likely N-dealkylation sites (tertiary alicyclic amines) is 1. The zero-order chi connectivity index (χ0) is 13.7. The normalized spacial score (nSPS) is 17.6. The van der Waals surface area contributed by atoms with E-state index in [2.05, 4.69) is 17.1 Å². The van der Waals surface area contributed by atoms with E-state index in [1.165, 1.54) is 25.9 Å². The minimum atomic E-state index is 0.256. The zero-order valence-electron chi connectivity index (χ0n) is 11.8. The SMILES string of the molecule is CNC(C)c1ccc(OCCN2CCCC2)cc1Cl. The van der Waals surface area contributed by atoms with E-state index < -0.39 is 0 Å². The van der Waals surface area contributed by atoms with Crippen LogP contribution >= 0.6 is 11.6 Å². The molecular formula is C15H23ClN2O. The molecule has 3 nitrogen and oxygen atoms in total. The number of rotatable bonds is 6. The van der Waals surface area contributed by atoms with Crippen LogP contribution in [-0.2, 0) is 0 Å². The first-order valence-electron chi connectivity index (χ1n) is 7.02. The molecule has 106 valence electrons. The Morgan fingerprint density at radius 1 is 1.37 bits per heavy atom. The van der Waals surface area contributed by atoms with E-state index in [0.717, 1.165) is 29.5 Å². The number of hydrogen-bond acceptors (Lipinski definition) is 3. The molecular weight excluding hydrogens is 260 g/mol. The number of ether oxygens (including phenoxy) is 1. The third kappa shape index (κ3) is 4.10. The lowest BCUT2D eigenvalue weighted by atomic mass is 10.1. The monoisotopic (exact) mass is 282 g/mol. The molecule has 2 rings (SSSR count). The molecule has 1 N–H and O–H groups in total. The van der Waals surface area contributed by atoms with Crippen molar-refractivity contribution in [2.24, 2.45) is 0 Å². The third-order valence-corrected chi connectivity index (χ3v) is 4.07. The van der Waals surface area contributed by atoms with Crippen molar-refractivity contribution in [3.8, 4) is 5.75 Å². The number of halogens is 1. The molecule has 1 fully saturated rings. The Morgan fingerprint density at radius 2 is 2.11 bits per heavy atom. The largest absolute Gasteiger partial charge is 0.492 e. The molecule has 1 unspecified atom stereocenters. The van der Waals surface area contributed by atoms with Gasteiger partial charge in [0.05, 0.1) is 0 Å². The molecule has 1 atom stereocenters. The highest BCUT2D eigenvalue weighted by atomic mass is 35.5. The highest BCUT2D eigenvalue weighted by Gasteiger charge is 2.11. The topological polar surface area (TPSA) is 24.5 Å². The molecule has 1 aromatic rings. The molecule has 1 aliphatic rings. The molecule has 1 saturated heterocycles. The van der Waals surface area contributed by atoms with Gasteiger partial charge in [-0.25, -0.2) is 0 Å². The van der Waals surface area contributed by atoms with Crippen LogP contribution < -0.4 is 10.1 Å². The molecule has 0 amide bonds. The second-order valence-corrected chi connectivity index (χ2v) is 5.50. The molecule has 1 aliphatic heterocycles. The van der Waals surface area contributed by atoms with E-state index in [9.17, 15) is 0 Å². The van der Waals surface area contributed by atoms with E-state index in [-0.39, 0.29) is 6.04 Å². The van der Waals surface area contributed by atoms with Gasteiger partial charge < -0.3 is 10.1 Å². The number of nitrogens with one attached hydrogen (secondary N) is 1. The van der Waals surface area contributed by atoms with Crippen LogP contribution in [-0.4, -0.2) is 38.2 Å². The average molecular weight is 283 g/mol. The Morgan fingerprint density at radius 3 is 2.74 bits per heavy atom. The van der Waals surface area contributed by atoms with Crippen LogP contribution in [0.1, 0.15) is 31.4 Å². The highest BCUT2D eigenvalue weighted by Crippen LogP contribution is 2.27. The summed E-state index contributed by atoms with van der Waals surface area (Å²) in [5.41, 5.74) is 1.11. The maximum atomic E-state index is 6.28. The van der Waals surface area contributed by atoms with Crippen molar-refractivity contribution in [3.63, 3.8) is 0 Å². The van der Waals surface area contributed by atoms with Gasteiger partial charge in [0.25, 0.3) is 0 Å². The third-order valence-electron chi connectivity index (χ3n) is 3.75. The molecule has 1 aromatic carbocycles. The van der Waals surface area contributed by atoms with Crippen molar-refractivity contribution >= 4 is 11.6 Å². The van der Waals surface area contributed by atoms with E-state index in [4.69, 9.17) is 16.3 Å². The van der Waals surface area contributed by atoms with E-state index in [0.29, 0.717) is 0 Å². The summed E-state index contributed by atoms with van der Waals surface area (Å²) in [4.78, 5) is 2.44. The van der Waals surface area contributed by atoms with Gasteiger partial charge in [0.2, 0.25) is 0 Å². The second kappa shape index (κ2) is 7.13. The van der Waals surface area contributed by atoms with Crippen LogP contribution in [0.4, 0.5) is 0 Å². The fourth-order valence-corrected chi connectivity index (χ4v) is 2.74. The fourth-order valence-electron chi connectivity index (χ4n) is 2.40. The first-order valence-corrected chi connectivity index (χ1v) is 7.40. The quantitative estimate of drug-likeness (QED) is 0.868. The summed E-state index contributed by atoms with van der Waals surface area (Å²) in [5, 5.41) is 3.95. The molecule has 1 heterocycles. The fraction of sp³-hybridized carbons (Fsp3) is 0.600. The second-order valence-electron chi connectivity index (χ2n) is 5.09. The Labute approximate surface area is 120 Å². The van der Waals surface area contributed by atoms with Gasteiger partial charge in [0.15, 0.2) is 0 Å². The summed E-state index contributed by atoms with van der Waals surface area (Å²) < 4.78 is 5.77. The molecule has 0 saturated carbocycles. The predicted molar refractivity (Wildman–Crippen MR) is 80.1 cm³/mol. The maximum Gasteiger partial charge on any atom is 0.120 e. The van der Waals surface area contributed by atoms with Gasteiger partial charge in [-0.1, -0.05) is 17.7 Å². The summed E-state index contributed by atoms with van der Waals surface area (Å²) in [7, 11) is 1.93. The molecule has 19 heavy (non-hydrogen) atoms. The minimum absolute atomic E-state index is 0.256. The predicted octanol–water partition coefficient (Wildman–Crippen LogP) is 3.10. The lowest BCUT2D eigenvalue weighted by molar-refractivity contribution is 0.238. The lowest BCUT2D eigenvalue weighted by Gasteiger charge is -2.16. The smallest absolute Gasteiger partial charge is 0.120 e. The van der Waals surface area contributed by atoms with Crippen molar-refractivity contribution in [2.45, 2.75) is 25.8 Å². The van der Waals surface area contributed by atoms with E-state index >= 15 is 0 Å². The number of nitrogens with zero attached hydrogens (tertiary/aromatic N) is 1. The lowest BCUT2D eigenvalue weighted by Crippen LogP contribution is -2.25. The van der Waals surface area contributed by atoms with Crippen LogP contribution in [0.5, 0.6) is 5.75 Å². The van der Waals surface area contributed by atoms with E-state index in [1.807, 2.05) is 25.2 Å². The summed E-state index contributed by atoms with van der Waals surface area (Å²) >= 11 is 6.28. The highest BCUT2D eigenvalue weighted by molar-refractivity contribution is 6.31. The van der Waals surface area contributed by atoms with Crippen molar-refractivity contribution in [2.75, 3.05) is 33.3 Å². The maximum absolute atomic E-state index is 6.28. The Hall–Kier alpha value is -0.770. The van der Waals surface area contributed by atoms with Gasteiger partial charge in [-0.15, -0.1) is 0 Å². The molecule has 0 spiro atoms. The van der Waals surface area contributed by atoms with Gasteiger partial charge in [-0.05, 0) is 57.6 Å². The van der Waals surface area contributed by atoms with Crippen molar-refractivity contribution in [3.05, 3.63) is 28.8 Å². The first-order chi connectivity index (χ1) is 9.20. The zero-order valence-corrected chi connectivity index (χ0v) is 12.5. The first kappa shape index (κ1) is 14.6. The number of benzene rings is 1. The summed E-state index contributed by atoms with van der Waals surface area (Å²) in [6, 6.07) is 6.20. The van der Waals surface area contributed by atoms with Crippen LogP contribution in [0.3, 0.4) is 0 Å². The Balaban J connectivity index is 1.85. The van der Waals surface area contributed by atoms with Crippen molar-refractivity contribution < 1.29 is 4.74 Å². The summed E-state index contributed by atoms with van der Waals surface area (Å²) in [6.07, 6.45) is 2.64. The summed E-state index contributed by atoms with van der Waals surface area (Å²) in [5.74, 6) is 0.858. The van der Waals surface area contributed by atoms with Gasteiger partial charge >= 0.3 is 0 Å². The molecule has 4 heteroatoms. The Bertz CT molecular complexity index is 405. The van der Waals surface area contributed by atoms with Crippen molar-refractivity contribution in [1.82, 2.24) is 10.2 Å². The van der Waals surface area contributed by atoms with Crippen LogP contribution in [0.25, 0.3) is 0 Å². The molecule has 0 aromatic heterocycles. The average Bonchev–Trinajstić information content (AvgIpc) is 2.91. The van der Waals surface area contributed by atoms with Gasteiger partial charge in [0, 0.05) is 17.6 Å². The molecule has 0 radical (unpaired) electrons.